The number of halogens is 1. The van der Waals surface area contributed by atoms with Crippen molar-refractivity contribution in [1.29, 1.82) is 0 Å². The number of benzene rings is 2. The van der Waals surface area contributed by atoms with Crippen LogP contribution in [-0.2, 0) is 11.3 Å². The summed E-state index contributed by atoms with van der Waals surface area (Å²) in [4.78, 5) is 15.7. The standard InChI is InChI=1S/C20H20BrNO2S/c1-13(20(23)22(2)12-18-8-9-19(21)25-18)14-4-5-16-11-17(24-3)7-6-15(16)10-14/h4-11,13H,12H2,1-3H3/t13-/m1/s1. The topological polar surface area (TPSA) is 29.5 Å². The SMILES string of the molecule is COc1ccc2cc([C@@H](C)C(=O)N(C)Cc3ccc(Br)s3)ccc2c1. The van der Waals surface area contributed by atoms with Gasteiger partial charge in [-0.2, -0.15) is 0 Å². The van der Waals surface area contributed by atoms with Gasteiger partial charge in [-0.25, -0.2) is 0 Å². The number of amides is 1. The molecule has 0 aliphatic carbocycles. The van der Waals surface area contributed by atoms with Crippen LogP contribution < -0.4 is 4.74 Å². The summed E-state index contributed by atoms with van der Waals surface area (Å²) in [6.07, 6.45) is 0. The fourth-order valence-electron chi connectivity index (χ4n) is 2.86. The Morgan fingerprint density at radius 3 is 2.56 bits per heavy atom. The number of rotatable bonds is 5. The maximum atomic E-state index is 12.8. The predicted molar refractivity (Wildman–Crippen MR) is 107 cm³/mol. The van der Waals surface area contributed by atoms with Crippen LogP contribution in [0.25, 0.3) is 10.8 Å². The number of carbonyl (C=O) groups excluding carboxylic acids is 1. The van der Waals surface area contributed by atoms with E-state index in [0.29, 0.717) is 6.54 Å². The zero-order chi connectivity index (χ0) is 18.0. The summed E-state index contributed by atoms with van der Waals surface area (Å²) in [6.45, 7) is 2.60. The Morgan fingerprint density at radius 1 is 1.16 bits per heavy atom. The van der Waals surface area contributed by atoms with Crippen LogP contribution >= 0.6 is 27.3 Å². The molecule has 3 nitrogen and oxygen atoms in total. The van der Waals surface area contributed by atoms with Crippen LogP contribution in [0.5, 0.6) is 5.75 Å². The van der Waals surface area contributed by atoms with Crippen LogP contribution in [0.3, 0.4) is 0 Å². The van der Waals surface area contributed by atoms with Gasteiger partial charge in [0.2, 0.25) is 5.91 Å². The van der Waals surface area contributed by atoms with E-state index in [9.17, 15) is 4.79 Å². The van der Waals surface area contributed by atoms with Crippen LogP contribution in [0, 0.1) is 0 Å². The number of fused-ring (bicyclic) bond motifs is 1. The minimum absolute atomic E-state index is 0.123. The van der Waals surface area contributed by atoms with E-state index in [1.165, 1.54) is 4.88 Å². The molecule has 2 aromatic carbocycles. The number of ether oxygens (including phenoxy) is 1. The number of hydrogen-bond donors (Lipinski definition) is 0. The summed E-state index contributed by atoms with van der Waals surface area (Å²) in [7, 11) is 3.52. The number of nitrogens with zero attached hydrogens (tertiary/aromatic N) is 1. The van der Waals surface area contributed by atoms with E-state index < -0.39 is 0 Å². The molecule has 3 aromatic rings. The van der Waals surface area contributed by atoms with Gasteiger partial charge in [0.25, 0.3) is 0 Å². The Morgan fingerprint density at radius 2 is 1.88 bits per heavy atom. The van der Waals surface area contributed by atoms with Gasteiger partial charge in [-0.05, 0) is 63.5 Å². The van der Waals surface area contributed by atoms with E-state index in [-0.39, 0.29) is 11.8 Å². The highest BCUT2D eigenvalue weighted by atomic mass is 79.9. The average molecular weight is 418 g/mol. The Kier molecular flexibility index (Phi) is 5.45. The molecule has 1 heterocycles. The summed E-state index contributed by atoms with van der Waals surface area (Å²) in [5.41, 5.74) is 1.03. The normalized spacial score (nSPS) is 12.2. The molecule has 0 saturated heterocycles. The third kappa shape index (κ3) is 4.05. The zero-order valence-corrected chi connectivity index (χ0v) is 16.9. The van der Waals surface area contributed by atoms with Crippen LogP contribution in [0.2, 0.25) is 0 Å². The number of carbonyl (C=O) groups is 1. The Bertz CT molecular complexity index is 906. The van der Waals surface area contributed by atoms with Crippen molar-refractivity contribution in [3.8, 4) is 5.75 Å². The van der Waals surface area contributed by atoms with Gasteiger partial charge in [-0.3, -0.25) is 4.79 Å². The molecule has 0 spiro atoms. The van der Waals surface area contributed by atoms with Gasteiger partial charge in [0.1, 0.15) is 5.75 Å². The molecule has 3 rings (SSSR count). The lowest BCUT2D eigenvalue weighted by Gasteiger charge is -2.21. The van der Waals surface area contributed by atoms with Crippen molar-refractivity contribution >= 4 is 43.9 Å². The van der Waals surface area contributed by atoms with E-state index in [1.807, 2.05) is 56.4 Å². The molecule has 25 heavy (non-hydrogen) atoms. The van der Waals surface area contributed by atoms with Gasteiger partial charge in [0.15, 0.2) is 0 Å². The van der Waals surface area contributed by atoms with E-state index in [2.05, 4.69) is 22.0 Å². The molecule has 0 unspecified atom stereocenters. The molecule has 1 aromatic heterocycles. The molecule has 0 radical (unpaired) electrons. The minimum Gasteiger partial charge on any atom is -0.497 e. The predicted octanol–water partition coefficient (Wildman–Crippen LogP) is 5.43. The largest absolute Gasteiger partial charge is 0.497 e. The second-order valence-corrected chi connectivity index (χ2v) is 8.64. The third-order valence-electron chi connectivity index (χ3n) is 4.34. The van der Waals surface area contributed by atoms with Crippen LogP contribution in [-0.4, -0.2) is 25.0 Å². The summed E-state index contributed by atoms with van der Waals surface area (Å²) in [6, 6.07) is 16.2. The fourth-order valence-corrected chi connectivity index (χ4v) is 4.40. The van der Waals surface area contributed by atoms with Crippen molar-refractivity contribution in [3.05, 3.63) is 62.8 Å². The van der Waals surface area contributed by atoms with Gasteiger partial charge in [-0.15, -0.1) is 11.3 Å². The second-order valence-electron chi connectivity index (χ2n) is 6.09. The van der Waals surface area contributed by atoms with Crippen molar-refractivity contribution in [1.82, 2.24) is 4.90 Å². The molecule has 0 N–H and O–H groups in total. The lowest BCUT2D eigenvalue weighted by Crippen LogP contribution is -2.29. The monoisotopic (exact) mass is 417 g/mol. The Labute approximate surface area is 160 Å². The molecular weight excluding hydrogens is 398 g/mol. The second kappa shape index (κ2) is 7.58. The third-order valence-corrected chi connectivity index (χ3v) is 5.95. The van der Waals surface area contributed by atoms with Gasteiger partial charge in [0, 0.05) is 11.9 Å². The molecule has 1 atom stereocenters. The Balaban J connectivity index is 1.77. The van der Waals surface area contributed by atoms with Gasteiger partial charge in [0.05, 0.1) is 23.4 Å². The van der Waals surface area contributed by atoms with Crippen LogP contribution in [0.15, 0.2) is 52.3 Å². The highest BCUT2D eigenvalue weighted by molar-refractivity contribution is 9.11. The van der Waals surface area contributed by atoms with Gasteiger partial charge >= 0.3 is 0 Å². The van der Waals surface area contributed by atoms with Crippen molar-refractivity contribution < 1.29 is 9.53 Å². The molecule has 5 heteroatoms. The first kappa shape index (κ1) is 18.0. The Hall–Kier alpha value is -1.85. The number of likely N-dealkylation sites (N-methyl/N-ethyl adjacent to an activating group) is 1. The summed E-state index contributed by atoms with van der Waals surface area (Å²) >= 11 is 5.12. The average Bonchev–Trinajstić information content (AvgIpc) is 3.04. The molecule has 0 aliphatic rings. The fraction of sp³-hybridized carbons (Fsp3) is 0.250. The lowest BCUT2D eigenvalue weighted by molar-refractivity contribution is -0.131. The van der Waals surface area contributed by atoms with Crippen molar-refractivity contribution in [2.24, 2.45) is 0 Å². The van der Waals surface area contributed by atoms with Crippen molar-refractivity contribution in [3.63, 3.8) is 0 Å². The highest BCUT2D eigenvalue weighted by Gasteiger charge is 2.20. The van der Waals surface area contributed by atoms with Gasteiger partial charge < -0.3 is 9.64 Å². The van der Waals surface area contributed by atoms with E-state index in [0.717, 1.165) is 25.9 Å². The lowest BCUT2D eigenvalue weighted by atomic mass is 9.96. The molecule has 0 fully saturated rings. The van der Waals surface area contributed by atoms with E-state index >= 15 is 0 Å². The maximum absolute atomic E-state index is 12.8. The minimum atomic E-state index is -0.181. The number of thiophene rings is 1. The smallest absolute Gasteiger partial charge is 0.229 e. The maximum Gasteiger partial charge on any atom is 0.229 e. The zero-order valence-electron chi connectivity index (χ0n) is 14.5. The quantitative estimate of drug-likeness (QED) is 0.553. The van der Waals surface area contributed by atoms with Crippen molar-refractivity contribution in [2.75, 3.05) is 14.2 Å². The molecule has 0 aliphatic heterocycles. The first-order valence-electron chi connectivity index (χ1n) is 8.05. The number of hydrogen-bond acceptors (Lipinski definition) is 3. The van der Waals surface area contributed by atoms with Crippen LogP contribution in [0.1, 0.15) is 23.3 Å². The first-order valence-corrected chi connectivity index (χ1v) is 9.66. The summed E-state index contributed by atoms with van der Waals surface area (Å²) in [5.74, 6) is 0.781. The van der Waals surface area contributed by atoms with Crippen molar-refractivity contribution in [2.45, 2.75) is 19.4 Å². The molecule has 0 saturated carbocycles. The van der Waals surface area contributed by atoms with E-state index in [1.54, 1.807) is 23.3 Å². The molecule has 130 valence electrons. The highest BCUT2D eigenvalue weighted by Crippen LogP contribution is 2.27. The summed E-state index contributed by atoms with van der Waals surface area (Å²) in [5, 5.41) is 2.22. The van der Waals surface area contributed by atoms with Gasteiger partial charge in [-0.1, -0.05) is 24.3 Å². The first-order chi connectivity index (χ1) is 12.0. The summed E-state index contributed by atoms with van der Waals surface area (Å²) < 4.78 is 6.35. The molecular formula is C20H20BrNO2S. The van der Waals surface area contributed by atoms with Crippen LogP contribution in [0.4, 0.5) is 0 Å². The van der Waals surface area contributed by atoms with E-state index in [4.69, 9.17) is 4.74 Å². The molecule has 1 amide bonds. The molecule has 0 bridgehead atoms. The number of methoxy groups -OCH3 is 1.